The zero-order chi connectivity index (χ0) is 18.4. The van der Waals surface area contributed by atoms with Crippen molar-refractivity contribution in [2.24, 2.45) is 0 Å². The molecule has 2 aromatic heterocycles. The lowest BCUT2D eigenvalue weighted by Gasteiger charge is -2.07. The van der Waals surface area contributed by atoms with E-state index in [9.17, 15) is 9.59 Å². The van der Waals surface area contributed by atoms with E-state index < -0.39 is 0 Å². The van der Waals surface area contributed by atoms with Gasteiger partial charge in [0.1, 0.15) is 10.5 Å². The summed E-state index contributed by atoms with van der Waals surface area (Å²) in [5.74, 6) is -0.301. The lowest BCUT2D eigenvalue weighted by Crippen LogP contribution is -2.15. The Kier molecular flexibility index (Phi) is 4.26. The normalized spacial score (nSPS) is 11.2. The molecule has 0 aliphatic heterocycles. The lowest BCUT2D eigenvalue weighted by molar-refractivity contribution is 0.103. The molecular formula is C18H12BrN3O2S2. The largest absolute Gasteiger partial charge is 0.321 e. The third-order valence-corrected chi connectivity index (χ3v) is 5.95. The van der Waals surface area contributed by atoms with Crippen LogP contribution in [0.25, 0.3) is 16.6 Å². The molecule has 0 saturated heterocycles. The highest BCUT2D eigenvalue weighted by Crippen LogP contribution is 2.25. The molecule has 4 aromatic rings. The van der Waals surface area contributed by atoms with Gasteiger partial charge in [-0.25, -0.2) is 0 Å². The standard InChI is InChI=1S/C18H12BrN3O2S2/c1-9-4-2-3-5-12(9)20-17(24)14-15-21-16(23)11-8-10(19)6-7-13(11)22(15)18(25)26-14/h2-8H,1H3,(H,20,24)(H,21,23). The molecule has 0 aliphatic rings. The Bertz CT molecular complexity index is 1300. The Labute approximate surface area is 165 Å². The molecule has 0 spiro atoms. The number of fused-ring (bicyclic) bond motifs is 3. The maximum Gasteiger partial charge on any atom is 0.269 e. The number of para-hydroxylation sites is 1. The van der Waals surface area contributed by atoms with E-state index in [-0.39, 0.29) is 11.5 Å². The smallest absolute Gasteiger partial charge is 0.269 e. The van der Waals surface area contributed by atoms with Gasteiger partial charge in [-0.05, 0) is 49.0 Å². The number of carbonyl (C=O) groups is 1. The number of nitrogens with one attached hydrogen (secondary N) is 2. The fourth-order valence-electron chi connectivity index (χ4n) is 2.81. The van der Waals surface area contributed by atoms with Gasteiger partial charge >= 0.3 is 0 Å². The molecule has 0 saturated carbocycles. The van der Waals surface area contributed by atoms with E-state index in [1.54, 1.807) is 10.5 Å². The molecular weight excluding hydrogens is 434 g/mol. The predicted octanol–water partition coefficient (Wildman–Crippen LogP) is 4.90. The van der Waals surface area contributed by atoms with Gasteiger partial charge in [0.2, 0.25) is 0 Å². The van der Waals surface area contributed by atoms with Gasteiger partial charge in [-0.1, -0.05) is 45.5 Å². The van der Waals surface area contributed by atoms with E-state index in [1.807, 2.05) is 43.3 Å². The molecule has 2 heterocycles. The number of aromatic nitrogens is 2. The molecule has 4 rings (SSSR count). The number of anilines is 1. The molecule has 0 aliphatic carbocycles. The Morgan fingerprint density at radius 3 is 2.81 bits per heavy atom. The highest BCUT2D eigenvalue weighted by atomic mass is 79.9. The summed E-state index contributed by atoms with van der Waals surface area (Å²) in [5.41, 5.74) is 2.49. The fraction of sp³-hybridized carbons (Fsp3) is 0.0556. The molecule has 0 bridgehead atoms. The van der Waals surface area contributed by atoms with Crippen molar-refractivity contribution in [3.63, 3.8) is 0 Å². The van der Waals surface area contributed by atoms with E-state index in [1.165, 1.54) is 11.3 Å². The van der Waals surface area contributed by atoms with Crippen molar-refractivity contribution >= 4 is 67.6 Å². The summed E-state index contributed by atoms with van der Waals surface area (Å²) < 4.78 is 3.03. The first kappa shape index (κ1) is 17.1. The number of rotatable bonds is 2. The average molecular weight is 446 g/mol. The maximum absolute atomic E-state index is 12.8. The number of hydrogen-bond acceptors (Lipinski definition) is 4. The minimum atomic E-state index is -0.301. The number of aryl methyl sites for hydroxylation is 1. The minimum Gasteiger partial charge on any atom is -0.321 e. The number of hydrogen-bond donors (Lipinski definition) is 2. The zero-order valence-electron chi connectivity index (χ0n) is 13.5. The molecule has 2 N–H and O–H groups in total. The number of benzene rings is 2. The molecule has 0 atom stereocenters. The third-order valence-electron chi connectivity index (χ3n) is 4.09. The van der Waals surface area contributed by atoms with Crippen molar-refractivity contribution in [2.75, 3.05) is 5.32 Å². The summed E-state index contributed by atoms with van der Waals surface area (Å²) in [6, 6.07) is 12.9. The van der Waals surface area contributed by atoms with Crippen molar-refractivity contribution in [1.82, 2.24) is 9.38 Å². The summed E-state index contributed by atoms with van der Waals surface area (Å²) in [7, 11) is 0. The minimum absolute atomic E-state index is 0.265. The van der Waals surface area contributed by atoms with Gasteiger partial charge in [-0.3, -0.25) is 14.0 Å². The first-order valence-corrected chi connectivity index (χ1v) is 9.71. The number of halogens is 1. The van der Waals surface area contributed by atoms with Crippen LogP contribution in [0, 0.1) is 10.9 Å². The quantitative estimate of drug-likeness (QED) is 0.431. The fourth-order valence-corrected chi connectivity index (χ4v) is 4.45. The summed E-state index contributed by atoms with van der Waals surface area (Å²) in [4.78, 5) is 28.5. The highest BCUT2D eigenvalue weighted by molar-refractivity contribution is 9.10. The van der Waals surface area contributed by atoms with Crippen LogP contribution < -0.4 is 10.9 Å². The number of carbonyl (C=O) groups excluding carboxylic acids is 1. The van der Waals surface area contributed by atoms with Crippen LogP contribution in [0.2, 0.25) is 0 Å². The zero-order valence-corrected chi connectivity index (χ0v) is 16.7. The molecule has 130 valence electrons. The average Bonchev–Trinajstić information content (AvgIpc) is 2.94. The lowest BCUT2D eigenvalue weighted by atomic mass is 10.2. The maximum atomic E-state index is 12.8. The van der Waals surface area contributed by atoms with Crippen LogP contribution in [0.5, 0.6) is 0 Å². The van der Waals surface area contributed by atoms with E-state index in [2.05, 4.69) is 26.2 Å². The molecule has 2 aromatic carbocycles. The van der Waals surface area contributed by atoms with Crippen molar-refractivity contribution in [1.29, 1.82) is 0 Å². The second-order valence-electron chi connectivity index (χ2n) is 5.77. The van der Waals surface area contributed by atoms with Crippen LogP contribution >= 0.6 is 39.5 Å². The second-order valence-corrected chi connectivity index (χ2v) is 8.33. The first-order valence-electron chi connectivity index (χ1n) is 7.70. The van der Waals surface area contributed by atoms with E-state index in [4.69, 9.17) is 12.2 Å². The van der Waals surface area contributed by atoms with E-state index in [0.717, 1.165) is 15.7 Å². The van der Waals surface area contributed by atoms with Crippen LogP contribution in [0.4, 0.5) is 5.69 Å². The van der Waals surface area contributed by atoms with Gasteiger partial charge in [0.15, 0.2) is 3.95 Å². The van der Waals surface area contributed by atoms with Gasteiger partial charge in [0.25, 0.3) is 11.5 Å². The number of aromatic amines is 1. The van der Waals surface area contributed by atoms with Crippen LogP contribution in [0.15, 0.2) is 51.7 Å². The van der Waals surface area contributed by atoms with Crippen LogP contribution in [-0.2, 0) is 0 Å². The summed E-state index contributed by atoms with van der Waals surface area (Å²) in [6.45, 7) is 1.92. The van der Waals surface area contributed by atoms with Crippen molar-refractivity contribution in [3.8, 4) is 0 Å². The Balaban J connectivity index is 1.92. The van der Waals surface area contributed by atoms with Gasteiger partial charge in [0, 0.05) is 10.2 Å². The molecule has 0 radical (unpaired) electrons. The Morgan fingerprint density at radius 1 is 1.27 bits per heavy atom. The van der Waals surface area contributed by atoms with Gasteiger partial charge in [-0.2, -0.15) is 0 Å². The monoisotopic (exact) mass is 445 g/mol. The van der Waals surface area contributed by atoms with Crippen LogP contribution in [-0.4, -0.2) is 15.3 Å². The SMILES string of the molecule is Cc1ccccc1NC(=O)c1sc(=S)n2c1[nH]c(=O)c1cc(Br)ccc12. The van der Waals surface area contributed by atoms with Crippen LogP contribution in [0.1, 0.15) is 15.2 Å². The summed E-state index contributed by atoms with van der Waals surface area (Å²) in [5, 5.41) is 3.40. The van der Waals surface area contributed by atoms with Crippen molar-refractivity contribution in [3.05, 3.63) is 71.7 Å². The highest BCUT2D eigenvalue weighted by Gasteiger charge is 2.18. The molecule has 0 fully saturated rings. The third kappa shape index (κ3) is 2.80. The van der Waals surface area contributed by atoms with Crippen molar-refractivity contribution in [2.45, 2.75) is 6.92 Å². The van der Waals surface area contributed by atoms with Crippen LogP contribution in [0.3, 0.4) is 0 Å². The van der Waals surface area contributed by atoms with Gasteiger partial charge < -0.3 is 10.3 Å². The van der Waals surface area contributed by atoms with Crippen molar-refractivity contribution < 1.29 is 4.79 Å². The molecule has 0 unspecified atom stereocenters. The topological polar surface area (TPSA) is 66.4 Å². The van der Waals surface area contributed by atoms with Gasteiger partial charge in [0.05, 0.1) is 10.9 Å². The van der Waals surface area contributed by atoms with Gasteiger partial charge in [-0.15, -0.1) is 0 Å². The molecule has 1 amide bonds. The van der Waals surface area contributed by atoms with E-state index in [0.29, 0.717) is 25.4 Å². The number of nitrogens with zero attached hydrogens (tertiary/aromatic N) is 1. The molecule has 5 nitrogen and oxygen atoms in total. The van der Waals surface area contributed by atoms with E-state index >= 15 is 0 Å². The number of H-pyrrole nitrogens is 1. The Morgan fingerprint density at radius 2 is 2.04 bits per heavy atom. The summed E-state index contributed by atoms with van der Waals surface area (Å²) >= 11 is 10.00. The second kappa shape index (κ2) is 6.46. The summed E-state index contributed by atoms with van der Waals surface area (Å²) in [6.07, 6.45) is 0. The first-order chi connectivity index (χ1) is 12.5. The molecule has 26 heavy (non-hydrogen) atoms. The number of thiazole rings is 1. The predicted molar refractivity (Wildman–Crippen MR) is 111 cm³/mol. The molecule has 8 heteroatoms. The number of amides is 1. The Hall–Kier alpha value is -2.29.